The minimum absolute atomic E-state index is 0.393. The number of likely N-dealkylation sites (N-methyl/N-ethyl adjacent to an activating group) is 1. The standard InChI is InChI=1S/C24H22F2N4O2/c1-30(7-8-31-2)24-20-11-17(16-9-18(25)13-19(26)10-16)12-21(32-3)22(20)28-23(29-24)15-5-4-6-27-14-15/h4-6,9-14H,7-8H2,1-3H3. The van der Waals surface area contributed by atoms with E-state index < -0.39 is 11.6 Å². The summed E-state index contributed by atoms with van der Waals surface area (Å²) < 4.78 is 38.6. The smallest absolute Gasteiger partial charge is 0.163 e. The number of hydrogen-bond donors (Lipinski definition) is 0. The van der Waals surface area contributed by atoms with Crippen LogP contribution in [0.15, 0.2) is 54.9 Å². The molecule has 0 amide bonds. The highest BCUT2D eigenvalue weighted by molar-refractivity contribution is 5.98. The molecule has 0 N–H and O–H groups in total. The Morgan fingerprint density at radius 1 is 0.938 bits per heavy atom. The zero-order valence-electron chi connectivity index (χ0n) is 18.0. The minimum atomic E-state index is -0.653. The van der Waals surface area contributed by atoms with Crippen molar-refractivity contribution in [2.24, 2.45) is 0 Å². The zero-order valence-corrected chi connectivity index (χ0v) is 18.0. The Morgan fingerprint density at radius 2 is 1.69 bits per heavy atom. The van der Waals surface area contributed by atoms with E-state index in [4.69, 9.17) is 19.4 Å². The number of methoxy groups -OCH3 is 2. The fourth-order valence-corrected chi connectivity index (χ4v) is 3.48. The third-order valence-electron chi connectivity index (χ3n) is 5.07. The van der Waals surface area contributed by atoms with Crippen molar-refractivity contribution in [1.29, 1.82) is 0 Å². The monoisotopic (exact) mass is 436 g/mol. The predicted octanol–water partition coefficient (Wildman–Crippen LogP) is 4.73. The SMILES string of the molecule is COCCN(C)c1nc(-c2cccnc2)nc2c(OC)cc(-c3cc(F)cc(F)c3)cc12. The van der Waals surface area contributed by atoms with Crippen molar-refractivity contribution in [3.8, 4) is 28.3 Å². The lowest BCUT2D eigenvalue weighted by atomic mass is 10.0. The lowest BCUT2D eigenvalue weighted by Gasteiger charge is -2.21. The largest absolute Gasteiger partial charge is 0.494 e. The second-order valence-corrected chi connectivity index (χ2v) is 7.26. The highest BCUT2D eigenvalue weighted by atomic mass is 19.1. The lowest BCUT2D eigenvalue weighted by molar-refractivity contribution is 0.206. The summed E-state index contributed by atoms with van der Waals surface area (Å²) in [4.78, 5) is 15.6. The van der Waals surface area contributed by atoms with E-state index in [-0.39, 0.29) is 0 Å². The number of hydrogen-bond acceptors (Lipinski definition) is 6. The van der Waals surface area contributed by atoms with Crippen LogP contribution in [-0.2, 0) is 4.74 Å². The van der Waals surface area contributed by atoms with Crippen LogP contribution in [0.3, 0.4) is 0 Å². The Balaban J connectivity index is 1.98. The molecule has 4 rings (SSSR count). The van der Waals surface area contributed by atoms with Crippen LogP contribution in [0.25, 0.3) is 33.4 Å². The summed E-state index contributed by atoms with van der Waals surface area (Å²) in [5, 5.41) is 0.690. The first kappa shape index (κ1) is 21.6. The van der Waals surface area contributed by atoms with Gasteiger partial charge in [0.2, 0.25) is 0 Å². The first-order valence-electron chi connectivity index (χ1n) is 9.97. The maximum Gasteiger partial charge on any atom is 0.163 e. The Labute approximate surface area is 184 Å². The van der Waals surface area contributed by atoms with Crippen LogP contribution < -0.4 is 9.64 Å². The van der Waals surface area contributed by atoms with Gasteiger partial charge in [-0.25, -0.2) is 18.7 Å². The van der Waals surface area contributed by atoms with Gasteiger partial charge in [0.05, 0.1) is 13.7 Å². The normalized spacial score (nSPS) is 11.0. The number of nitrogens with zero attached hydrogens (tertiary/aromatic N) is 4. The van der Waals surface area contributed by atoms with Crippen molar-refractivity contribution in [2.45, 2.75) is 0 Å². The van der Waals surface area contributed by atoms with Crippen LogP contribution in [-0.4, -0.2) is 49.4 Å². The van der Waals surface area contributed by atoms with E-state index in [1.807, 2.05) is 30.1 Å². The van der Waals surface area contributed by atoms with E-state index in [1.165, 1.54) is 19.2 Å². The minimum Gasteiger partial charge on any atom is -0.494 e. The van der Waals surface area contributed by atoms with Crippen LogP contribution in [0.2, 0.25) is 0 Å². The fraction of sp³-hybridized carbons (Fsp3) is 0.208. The maximum atomic E-state index is 13.9. The molecule has 0 aliphatic heterocycles. The average molecular weight is 436 g/mol. The molecule has 8 heteroatoms. The highest BCUT2D eigenvalue weighted by Crippen LogP contribution is 2.37. The molecular formula is C24H22F2N4O2. The second-order valence-electron chi connectivity index (χ2n) is 7.26. The molecule has 0 unspecified atom stereocenters. The first-order valence-corrected chi connectivity index (χ1v) is 9.97. The van der Waals surface area contributed by atoms with E-state index in [0.29, 0.717) is 52.6 Å². The average Bonchev–Trinajstić information content (AvgIpc) is 2.81. The molecule has 0 radical (unpaired) electrons. The molecule has 6 nitrogen and oxygen atoms in total. The molecule has 0 saturated carbocycles. The van der Waals surface area contributed by atoms with Crippen LogP contribution in [0.1, 0.15) is 0 Å². The summed E-state index contributed by atoms with van der Waals surface area (Å²) in [7, 11) is 5.06. The lowest BCUT2D eigenvalue weighted by Crippen LogP contribution is -2.23. The van der Waals surface area contributed by atoms with Crippen molar-refractivity contribution >= 4 is 16.7 Å². The Morgan fingerprint density at radius 3 is 2.34 bits per heavy atom. The van der Waals surface area contributed by atoms with Gasteiger partial charge in [0.15, 0.2) is 5.82 Å². The number of ether oxygens (including phenoxy) is 2. The van der Waals surface area contributed by atoms with E-state index >= 15 is 0 Å². The van der Waals surface area contributed by atoms with Gasteiger partial charge in [-0.1, -0.05) is 0 Å². The van der Waals surface area contributed by atoms with Crippen LogP contribution in [0.5, 0.6) is 5.75 Å². The number of halogens is 2. The van der Waals surface area contributed by atoms with Gasteiger partial charge < -0.3 is 14.4 Å². The molecule has 0 spiro atoms. The van der Waals surface area contributed by atoms with Gasteiger partial charge in [-0.05, 0) is 47.5 Å². The number of pyridine rings is 1. The molecule has 4 aromatic rings. The molecule has 32 heavy (non-hydrogen) atoms. The molecule has 2 aromatic carbocycles. The Bertz CT molecular complexity index is 1230. The van der Waals surface area contributed by atoms with E-state index in [1.54, 1.807) is 25.6 Å². The number of fused-ring (bicyclic) bond motifs is 1. The van der Waals surface area contributed by atoms with Gasteiger partial charge in [0.1, 0.15) is 28.7 Å². The molecule has 0 aliphatic rings. The molecule has 0 bridgehead atoms. The van der Waals surface area contributed by atoms with Crippen LogP contribution in [0, 0.1) is 11.6 Å². The van der Waals surface area contributed by atoms with Crippen LogP contribution >= 0.6 is 0 Å². The highest BCUT2D eigenvalue weighted by Gasteiger charge is 2.18. The number of anilines is 1. The Hall–Kier alpha value is -3.65. The summed E-state index contributed by atoms with van der Waals surface area (Å²) in [6.45, 7) is 1.08. The summed E-state index contributed by atoms with van der Waals surface area (Å²) in [5.74, 6) is 0.297. The summed E-state index contributed by atoms with van der Waals surface area (Å²) in [6.07, 6.45) is 3.37. The van der Waals surface area contributed by atoms with E-state index in [0.717, 1.165) is 11.6 Å². The van der Waals surface area contributed by atoms with E-state index in [2.05, 4.69) is 4.98 Å². The van der Waals surface area contributed by atoms with E-state index in [9.17, 15) is 8.78 Å². The summed E-state index contributed by atoms with van der Waals surface area (Å²) >= 11 is 0. The van der Waals surface area contributed by atoms with Crippen LogP contribution in [0.4, 0.5) is 14.6 Å². The third-order valence-corrected chi connectivity index (χ3v) is 5.07. The molecule has 0 atom stereocenters. The predicted molar refractivity (Wildman–Crippen MR) is 120 cm³/mol. The van der Waals surface area contributed by atoms with Gasteiger partial charge in [-0.3, -0.25) is 4.98 Å². The molecule has 2 heterocycles. The summed E-state index contributed by atoms with van der Waals surface area (Å²) in [6, 6.07) is 10.6. The number of rotatable bonds is 7. The topological polar surface area (TPSA) is 60.4 Å². The molecular weight excluding hydrogens is 414 g/mol. The van der Waals surface area contributed by atoms with Crippen molar-refractivity contribution in [3.63, 3.8) is 0 Å². The Kier molecular flexibility index (Phi) is 6.23. The number of aromatic nitrogens is 3. The van der Waals surface area contributed by atoms with Gasteiger partial charge in [0.25, 0.3) is 0 Å². The van der Waals surface area contributed by atoms with Gasteiger partial charge in [-0.15, -0.1) is 0 Å². The number of benzene rings is 2. The third kappa shape index (κ3) is 4.36. The quantitative estimate of drug-likeness (QED) is 0.418. The summed E-state index contributed by atoms with van der Waals surface area (Å²) in [5.41, 5.74) is 2.33. The zero-order chi connectivity index (χ0) is 22.7. The molecule has 164 valence electrons. The molecule has 2 aromatic heterocycles. The first-order chi connectivity index (χ1) is 15.5. The van der Waals surface area contributed by atoms with Crippen molar-refractivity contribution in [3.05, 3.63) is 66.5 Å². The van der Waals surface area contributed by atoms with Gasteiger partial charge >= 0.3 is 0 Å². The van der Waals surface area contributed by atoms with Crippen molar-refractivity contribution < 1.29 is 18.3 Å². The maximum absolute atomic E-state index is 13.9. The molecule has 0 fully saturated rings. The second kappa shape index (κ2) is 9.23. The molecule has 0 aliphatic carbocycles. The van der Waals surface area contributed by atoms with Gasteiger partial charge in [0, 0.05) is 50.1 Å². The van der Waals surface area contributed by atoms with Crippen molar-refractivity contribution in [2.75, 3.05) is 39.3 Å². The van der Waals surface area contributed by atoms with Gasteiger partial charge in [-0.2, -0.15) is 0 Å². The fourth-order valence-electron chi connectivity index (χ4n) is 3.48. The molecule has 0 saturated heterocycles. The van der Waals surface area contributed by atoms with Crippen molar-refractivity contribution in [1.82, 2.24) is 15.0 Å².